The van der Waals surface area contributed by atoms with Crippen molar-refractivity contribution >= 4 is 17.7 Å². The molecule has 0 aromatic carbocycles. The lowest BCUT2D eigenvalue weighted by atomic mass is 9.50. The molecule has 0 aromatic rings. The molecule has 2 aliphatic heterocycles. The molecular formula is C19H24O8. The minimum Gasteiger partial charge on any atom is -0.465 e. The van der Waals surface area contributed by atoms with Crippen molar-refractivity contribution in [3.63, 3.8) is 0 Å². The number of ether oxygens (including phenoxy) is 4. The highest BCUT2D eigenvalue weighted by atomic mass is 16.7. The minimum atomic E-state index is -1.42. The van der Waals surface area contributed by atoms with Crippen LogP contribution in [0.1, 0.15) is 34.1 Å². The average Bonchev–Trinajstić information content (AvgIpc) is 3.34. The van der Waals surface area contributed by atoms with E-state index in [1.165, 1.54) is 13.8 Å². The lowest BCUT2D eigenvalue weighted by molar-refractivity contribution is -0.248. The molecule has 8 nitrogen and oxygen atoms in total. The Bertz CT molecular complexity index is 753. The van der Waals surface area contributed by atoms with Gasteiger partial charge in [0.05, 0.1) is 18.1 Å². The van der Waals surface area contributed by atoms with Gasteiger partial charge < -0.3 is 24.1 Å². The smallest absolute Gasteiger partial charge is 0.302 e. The SMILES string of the molecule is CC(=O)OC[C@@]12C(C=C(C)C(=O)[C@H]1O)OC1[C@H](OC(C)=O)C[C@@]2(C)C12CO2. The Morgan fingerprint density at radius 3 is 2.56 bits per heavy atom. The van der Waals surface area contributed by atoms with Crippen molar-refractivity contribution in [3.05, 3.63) is 11.6 Å². The fourth-order valence-electron chi connectivity index (χ4n) is 5.49. The summed E-state index contributed by atoms with van der Waals surface area (Å²) in [7, 11) is 0. The number of Topliss-reactive ketones (excluding diaryl/α,β-unsaturated/α-hetero) is 1. The summed E-state index contributed by atoms with van der Waals surface area (Å²) in [5, 5.41) is 11.1. The molecule has 0 radical (unpaired) electrons. The molecule has 8 heteroatoms. The highest BCUT2D eigenvalue weighted by Crippen LogP contribution is 2.71. The highest BCUT2D eigenvalue weighted by molar-refractivity contribution is 6.00. The third kappa shape index (κ3) is 2.17. The molecule has 2 aliphatic carbocycles. The van der Waals surface area contributed by atoms with Gasteiger partial charge in [-0.25, -0.2) is 0 Å². The maximum absolute atomic E-state index is 12.7. The predicted octanol–water partition coefficient (Wildman–Crippen LogP) is 0.304. The monoisotopic (exact) mass is 380 g/mol. The van der Waals surface area contributed by atoms with Crippen molar-refractivity contribution in [2.45, 2.75) is 64.1 Å². The van der Waals surface area contributed by atoms with Crippen LogP contribution in [-0.2, 0) is 33.3 Å². The number of aliphatic hydroxyl groups is 1. The first-order chi connectivity index (χ1) is 12.6. The maximum Gasteiger partial charge on any atom is 0.302 e. The Labute approximate surface area is 156 Å². The summed E-state index contributed by atoms with van der Waals surface area (Å²) in [5.41, 5.74) is -2.41. The first kappa shape index (κ1) is 18.6. The molecule has 2 bridgehead atoms. The van der Waals surface area contributed by atoms with E-state index in [-0.39, 0.29) is 6.61 Å². The molecule has 4 rings (SSSR count). The molecule has 3 unspecified atom stereocenters. The second kappa shape index (κ2) is 5.62. The molecule has 0 aromatic heterocycles. The third-order valence-corrected chi connectivity index (χ3v) is 6.98. The number of carbonyl (C=O) groups is 3. The molecule has 1 saturated carbocycles. The molecule has 2 heterocycles. The van der Waals surface area contributed by atoms with Crippen molar-refractivity contribution in [1.29, 1.82) is 0 Å². The van der Waals surface area contributed by atoms with E-state index in [4.69, 9.17) is 18.9 Å². The minimum absolute atomic E-state index is 0.190. The Hall–Kier alpha value is -1.77. The van der Waals surface area contributed by atoms with Gasteiger partial charge in [-0.3, -0.25) is 14.4 Å². The predicted molar refractivity (Wildman–Crippen MR) is 89.5 cm³/mol. The fourth-order valence-corrected chi connectivity index (χ4v) is 5.49. The van der Waals surface area contributed by atoms with Gasteiger partial charge in [-0.1, -0.05) is 6.92 Å². The average molecular weight is 380 g/mol. The highest BCUT2D eigenvalue weighted by Gasteiger charge is 2.84. The van der Waals surface area contributed by atoms with Crippen LogP contribution in [0.5, 0.6) is 0 Å². The van der Waals surface area contributed by atoms with Crippen LogP contribution in [0.2, 0.25) is 0 Å². The van der Waals surface area contributed by atoms with Gasteiger partial charge in [0.25, 0.3) is 0 Å². The zero-order valence-electron chi connectivity index (χ0n) is 15.8. The molecular weight excluding hydrogens is 356 g/mol. The van der Waals surface area contributed by atoms with E-state index < -0.39 is 58.6 Å². The summed E-state index contributed by atoms with van der Waals surface area (Å²) < 4.78 is 22.9. The molecule has 1 spiro atoms. The Morgan fingerprint density at radius 1 is 1.33 bits per heavy atom. The van der Waals surface area contributed by atoms with Gasteiger partial charge in [0, 0.05) is 19.3 Å². The van der Waals surface area contributed by atoms with Gasteiger partial charge in [0.15, 0.2) is 5.78 Å². The summed E-state index contributed by atoms with van der Waals surface area (Å²) in [6, 6.07) is 0. The van der Waals surface area contributed by atoms with E-state index >= 15 is 0 Å². The van der Waals surface area contributed by atoms with E-state index in [0.717, 1.165) is 0 Å². The normalized spacial score (nSPS) is 47.3. The topological polar surface area (TPSA) is 112 Å². The van der Waals surface area contributed by atoms with Gasteiger partial charge in [-0.15, -0.1) is 0 Å². The number of aliphatic hydroxyl groups excluding tert-OH is 1. The Balaban J connectivity index is 1.86. The second-order valence-electron chi connectivity index (χ2n) is 8.28. The molecule has 3 fully saturated rings. The lowest BCUT2D eigenvalue weighted by Crippen LogP contribution is -2.70. The molecule has 7 atom stereocenters. The molecule has 1 N–H and O–H groups in total. The molecule has 0 amide bonds. The van der Waals surface area contributed by atoms with Crippen molar-refractivity contribution in [2.75, 3.05) is 13.2 Å². The van der Waals surface area contributed by atoms with E-state index in [2.05, 4.69) is 0 Å². The van der Waals surface area contributed by atoms with E-state index in [1.807, 2.05) is 6.92 Å². The molecule has 4 aliphatic rings. The molecule has 27 heavy (non-hydrogen) atoms. The first-order valence-electron chi connectivity index (χ1n) is 9.10. The van der Waals surface area contributed by atoms with Gasteiger partial charge >= 0.3 is 11.9 Å². The van der Waals surface area contributed by atoms with E-state index in [9.17, 15) is 19.5 Å². The van der Waals surface area contributed by atoms with Gasteiger partial charge in [-0.2, -0.15) is 0 Å². The van der Waals surface area contributed by atoms with Crippen LogP contribution in [0.25, 0.3) is 0 Å². The number of hydrogen-bond donors (Lipinski definition) is 1. The van der Waals surface area contributed by atoms with Gasteiger partial charge in [0.1, 0.15) is 30.5 Å². The summed E-state index contributed by atoms with van der Waals surface area (Å²) in [5.74, 6) is -1.37. The number of fused-ring (bicyclic) bond motifs is 2. The Morgan fingerprint density at radius 2 is 2.00 bits per heavy atom. The van der Waals surface area contributed by atoms with Crippen LogP contribution in [0.15, 0.2) is 11.6 Å². The number of rotatable bonds is 3. The van der Waals surface area contributed by atoms with Crippen LogP contribution in [0, 0.1) is 10.8 Å². The maximum atomic E-state index is 12.7. The number of carbonyl (C=O) groups excluding carboxylic acids is 3. The summed E-state index contributed by atoms with van der Waals surface area (Å²) in [6.07, 6.45) is -1.15. The number of epoxide rings is 1. The van der Waals surface area contributed by atoms with Crippen LogP contribution >= 0.6 is 0 Å². The zero-order chi connectivity index (χ0) is 19.8. The summed E-state index contributed by atoms with van der Waals surface area (Å²) in [6.45, 7) is 6.30. The number of ketones is 1. The second-order valence-corrected chi connectivity index (χ2v) is 8.28. The standard InChI is InChI=1S/C19H24O8/c1-9-5-13-18(7-24-10(2)20,15(23)14(9)22)17(4)6-12(26-11(3)21)16(27-13)19(17)8-25-19/h5,12-13,15-16,23H,6-8H2,1-4H3/t12-,13?,15-,16?,17-,18-,19?/m1/s1. The fraction of sp³-hybridized carbons (Fsp3) is 0.737. The van der Waals surface area contributed by atoms with Crippen molar-refractivity contribution in [1.82, 2.24) is 0 Å². The summed E-state index contributed by atoms with van der Waals surface area (Å²) >= 11 is 0. The zero-order valence-corrected chi connectivity index (χ0v) is 15.8. The summed E-state index contributed by atoms with van der Waals surface area (Å²) in [4.78, 5) is 35.9. The van der Waals surface area contributed by atoms with Crippen molar-refractivity contribution < 1.29 is 38.4 Å². The van der Waals surface area contributed by atoms with Crippen molar-refractivity contribution in [3.8, 4) is 0 Å². The molecule has 148 valence electrons. The van der Waals surface area contributed by atoms with Gasteiger partial charge in [-0.05, 0) is 25.0 Å². The first-order valence-corrected chi connectivity index (χ1v) is 9.10. The van der Waals surface area contributed by atoms with E-state index in [0.29, 0.717) is 18.6 Å². The van der Waals surface area contributed by atoms with Crippen LogP contribution in [0.3, 0.4) is 0 Å². The lowest BCUT2D eigenvalue weighted by Gasteiger charge is -2.58. The van der Waals surface area contributed by atoms with Crippen molar-refractivity contribution in [2.24, 2.45) is 10.8 Å². The van der Waals surface area contributed by atoms with Crippen LogP contribution in [-0.4, -0.2) is 66.1 Å². The quantitative estimate of drug-likeness (QED) is 0.550. The third-order valence-electron chi connectivity index (χ3n) is 6.98. The largest absolute Gasteiger partial charge is 0.465 e. The van der Waals surface area contributed by atoms with Crippen LogP contribution in [0.4, 0.5) is 0 Å². The van der Waals surface area contributed by atoms with Gasteiger partial charge in [0.2, 0.25) is 0 Å². The number of esters is 2. The Kier molecular flexibility index (Phi) is 3.87. The number of hydrogen-bond acceptors (Lipinski definition) is 8. The van der Waals surface area contributed by atoms with E-state index in [1.54, 1.807) is 13.0 Å². The van der Waals surface area contributed by atoms with Crippen LogP contribution < -0.4 is 0 Å². The molecule has 2 saturated heterocycles.